The summed E-state index contributed by atoms with van der Waals surface area (Å²) in [6, 6.07) is 14.5. The zero-order valence-electron chi connectivity index (χ0n) is 14.4. The van der Waals surface area contributed by atoms with Crippen LogP contribution in [0.5, 0.6) is 0 Å². The third-order valence-electron chi connectivity index (χ3n) is 4.41. The Labute approximate surface area is 157 Å². The Morgan fingerprint density at radius 3 is 2.59 bits per heavy atom. The number of hydrogen-bond acceptors (Lipinski definition) is 5. The monoisotopic (exact) mass is 389 g/mol. The molecule has 1 saturated heterocycles. The van der Waals surface area contributed by atoms with E-state index in [4.69, 9.17) is 0 Å². The van der Waals surface area contributed by atoms with Crippen LogP contribution in [0.15, 0.2) is 59.5 Å². The molecule has 142 valence electrons. The number of benzene rings is 2. The van der Waals surface area contributed by atoms with E-state index in [1.807, 2.05) is 30.3 Å². The number of amides is 1. The molecule has 1 unspecified atom stereocenters. The van der Waals surface area contributed by atoms with E-state index >= 15 is 0 Å². The number of nitrogens with one attached hydrogen (secondary N) is 1. The molecule has 0 spiro atoms. The van der Waals surface area contributed by atoms with Gasteiger partial charge in [-0.25, -0.2) is 13.1 Å². The van der Waals surface area contributed by atoms with Crippen LogP contribution >= 0.6 is 0 Å². The van der Waals surface area contributed by atoms with Gasteiger partial charge >= 0.3 is 0 Å². The molecule has 0 aliphatic carbocycles. The molecule has 0 aromatic heterocycles. The van der Waals surface area contributed by atoms with Crippen LogP contribution in [0.3, 0.4) is 0 Å². The summed E-state index contributed by atoms with van der Waals surface area (Å²) in [5, 5.41) is 10.8. The molecule has 0 bridgehead atoms. The minimum absolute atomic E-state index is 0.0154. The summed E-state index contributed by atoms with van der Waals surface area (Å²) < 4.78 is 27.2. The number of non-ortho nitro benzene ring substituents is 1. The lowest BCUT2D eigenvalue weighted by molar-refractivity contribution is -0.385. The Kier molecular flexibility index (Phi) is 5.52. The summed E-state index contributed by atoms with van der Waals surface area (Å²) in [4.78, 5) is 23.9. The fourth-order valence-electron chi connectivity index (χ4n) is 3.02. The zero-order chi connectivity index (χ0) is 19.4. The molecule has 2 aromatic rings. The first kappa shape index (κ1) is 19.0. The summed E-state index contributed by atoms with van der Waals surface area (Å²) in [5.74, 6) is -0.159. The number of hydrogen-bond donors (Lipinski definition) is 1. The van der Waals surface area contributed by atoms with Crippen LogP contribution < -0.4 is 4.72 Å². The van der Waals surface area contributed by atoms with Gasteiger partial charge in [-0.2, -0.15) is 0 Å². The number of rotatable bonds is 7. The molecule has 2 aromatic carbocycles. The summed E-state index contributed by atoms with van der Waals surface area (Å²) in [6.45, 7) is 1.06. The predicted molar refractivity (Wildman–Crippen MR) is 98.3 cm³/mol. The normalized spacial score (nSPS) is 17.3. The maximum absolute atomic E-state index is 12.4. The van der Waals surface area contributed by atoms with Gasteiger partial charge < -0.3 is 4.90 Å². The average molecular weight is 389 g/mol. The van der Waals surface area contributed by atoms with Gasteiger partial charge in [-0.1, -0.05) is 36.4 Å². The SMILES string of the molecule is O=C1CC(CNS(=O)(=O)c2cccc([N+](=O)[O-])c2)CN1Cc1ccccc1. The molecule has 1 atom stereocenters. The van der Waals surface area contributed by atoms with Crippen molar-refractivity contribution in [2.75, 3.05) is 13.1 Å². The third kappa shape index (κ3) is 4.69. The number of nitro benzene ring substituents is 1. The summed E-state index contributed by atoms with van der Waals surface area (Å²) >= 11 is 0. The molecular formula is C18H19N3O5S. The lowest BCUT2D eigenvalue weighted by atomic mass is 10.1. The largest absolute Gasteiger partial charge is 0.338 e. The lowest BCUT2D eigenvalue weighted by Crippen LogP contribution is -2.31. The molecule has 3 rings (SSSR count). The van der Waals surface area contributed by atoms with Crippen molar-refractivity contribution in [3.05, 3.63) is 70.3 Å². The molecule has 27 heavy (non-hydrogen) atoms. The lowest BCUT2D eigenvalue weighted by Gasteiger charge is -2.17. The molecule has 0 saturated carbocycles. The van der Waals surface area contributed by atoms with E-state index in [0.29, 0.717) is 13.1 Å². The van der Waals surface area contributed by atoms with Gasteiger partial charge in [0.25, 0.3) is 5.69 Å². The second-order valence-corrected chi connectivity index (χ2v) is 8.20. The van der Waals surface area contributed by atoms with Gasteiger partial charge in [-0.15, -0.1) is 0 Å². The minimum Gasteiger partial charge on any atom is -0.338 e. The van der Waals surface area contributed by atoms with Crippen LogP contribution in [0, 0.1) is 16.0 Å². The van der Waals surface area contributed by atoms with Crippen LogP contribution in [0.2, 0.25) is 0 Å². The van der Waals surface area contributed by atoms with Crippen molar-refractivity contribution < 1.29 is 18.1 Å². The van der Waals surface area contributed by atoms with Crippen molar-refractivity contribution in [1.82, 2.24) is 9.62 Å². The van der Waals surface area contributed by atoms with Crippen molar-refractivity contribution in [2.45, 2.75) is 17.9 Å². The molecule has 1 N–H and O–H groups in total. The highest BCUT2D eigenvalue weighted by molar-refractivity contribution is 7.89. The molecule has 1 heterocycles. The number of nitrogens with zero attached hydrogens (tertiary/aromatic N) is 2. The highest BCUT2D eigenvalue weighted by Gasteiger charge is 2.30. The highest BCUT2D eigenvalue weighted by Crippen LogP contribution is 2.21. The Hall–Kier alpha value is -2.78. The molecule has 1 aliphatic heterocycles. The molecular weight excluding hydrogens is 370 g/mol. The van der Waals surface area contributed by atoms with Crippen LogP contribution in [0.1, 0.15) is 12.0 Å². The Bertz CT molecular complexity index is 946. The Morgan fingerprint density at radius 1 is 1.15 bits per heavy atom. The zero-order valence-corrected chi connectivity index (χ0v) is 15.3. The van der Waals surface area contributed by atoms with E-state index in [9.17, 15) is 23.3 Å². The third-order valence-corrected chi connectivity index (χ3v) is 5.83. The van der Waals surface area contributed by atoms with Crippen LogP contribution in [0.25, 0.3) is 0 Å². The Morgan fingerprint density at radius 2 is 1.89 bits per heavy atom. The number of sulfonamides is 1. The molecule has 1 amide bonds. The summed E-state index contributed by atoms with van der Waals surface area (Å²) in [6.07, 6.45) is 0.268. The van der Waals surface area contributed by atoms with E-state index in [1.54, 1.807) is 4.90 Å². The molecule has 9 heteroatoms. The van der Waals surface area contributed by atoms with E-state index in [0.717, 1.165) is 11.6 Å². The van der Waals surface area contributed by atoms with Crippen LogP contribution in [0.4, 0.5) is 5.69 Å². The van der Waals surface area contributed by atoms with Crippen molar-refractivity contribution in [3.8, 4) is 0 Å². The average Bonchev–Trinajstić information content (AvgIpc) is 3.01. The van der Waals surface area contributed by atoms with Crippen LogP contribution in [-0.2, 0) is 21.4 Å². The van der Waals surface area contributed by atoms with Gasteiger partial charge in [0.05, 0.1) is 9.82 Å². The van der Waals surface area contributed by atoms with Crippen molar-refractivity contribution in [3.63, 3.8) is 0 Å². The van der Waals surface area contributed by atoms with Gasteiger partial charge in [0.15, 0.2) is 0 Å². The first-order valence-corrected chi connectivity index (χ1v) is 9.89. The van der Waals surface area contributed by atoms with Gasteiger partial charge in [-0.05, 0) is 17.5 Å². The van der Waals surface area contributed by atoms with Crippen molar-refractivity contribution in [1.29, 1.82) is 0 Å². The molecule has 0 radical (unpaired) electrons. The first-order valence-electron chi connectivity index (χ1n) is 8.41. The maximum atomic E-state index is 12.4. The highest BCUT2D eigenvalue weighted by atomic mass is 32.2. The fraction of sp³-hybridized carbons (Fsp3) is 0.278. The van der Waals surface area contributed by atoms with Gasteiger partial charge in [0.2, 0.25) is 15.9 Å². The summed E-state index contributed by atoms with van der Waals surface area (Å²) in [5.41, 5.74) is 0.728. The van der Waals surface area contributed by atoms with E-state index in [2.05, 4.69) is 4.72 Å². The van der Waals surface area contributed by atoms with Gasteiger partial charge in [-0.3, -0.25) is 14.9 Å². The standard InChI is InChI=1S/C18H19N3O5S/c22-18-9-15(13-20(18)12-14-5-2-1-3-6-14)11-19-27(25,26)17-8-4-7-16(10-17)21(23)24/h1-8,10,15,19H,9,11-13H2. The predicted octanol–water partition coefficient (Wildman–Crippen LogP) is 1.92. The van der Waals surface area contributed by atoms with Crippen molar-refractivity contribution in [2.24, 2.45) is 5.92 Å². The summed E-state index contributed by atoms with van der Waals surface area (Å²) in [7, 11) is -3.88. The van der Waals surface area contributed by atoms with Gasteiger partial charge in [0.1, 0.15) is 0 Å². The first-order chi connectivity index (χ1) is 12.8. The molecule has 1 fully saturated rings. The van der Waals surface area contributed by atoms with E-state index in [1.165, 1.54) is 18.2 Å². The van der Waals surface area contributed by atoms with Gasteiger partial charge in [0, 0.05) is 38.2 Å². The quantitative estimate of drug-likeness (QED) is 0.575. The second-order valence-electron chi connectivity index (χ2n) is 6.44. The number of carbonyl (C=O) groups excluding carboxylic acids is 1. The molecule has 8 nitrogen and oxygen atoms in total. The topological polar surface area (TPSA) is 110 Å². The number of carbonyl (C=O) groups is 1. The molecule has 1 aliphatic rings. The van der Waals surface area contributed by atoms with Crippen LogP contribution in [-0.4, -0.2) is 37.2 Å². The van der Waals surface area contributed by atoms with E-state index < -0.39 is 14.9 Å². The Balaban J connectivity index is 1.60. The number of likely N-dealkylation sites (tertiary alicyclic amines) is 1. The van der Waals surface area contributed by atoms with E-state index in [-0.39, 0.29) is 35.4 Å². The number of nitro groups is 1. The second kappa shape index (κ2) is 7.85. The smallest absolute Gasteiger partial charge is 0.270 e. The maximum Gasteiger partial charge on any atom is 0.270 e. The minimum atomic E-state index is -3.88. The van der Waals surface area contributed by atoms with Crippen molar-refractivity contribution >= 4 is 21.6 Å². The fourth-order valence-corrected chi connectivity index (χ4v) is 4.18.